The monoisotopic (exact) mass is 233 g/mol. The number of nitrogens with zero attached hydrogens (tertiary/aromatic N) is 1. The molecule has 16 heavy (non-hydrogen) atoms. The Hall–Kier alpha value is -1.26. The van der Waals surface area contributed by atoms with Crippen LogP contribution in [0.2, 0.25) is 0 Å². The van der Waals surface area contributed by atoms with Gasteiger partial charge in [-0.05, 0) is 31.4 Å². The van der Waals surface area contributed by atoms with Crippen LogP contribution >= 0.6 is 0 Å². The van der Waals surface area contributed by atoms with Gasteiger partial charge in [0, 0.05) is 11.8 Å². The summed E-state index contributed by atoms with van der Waals surface area (Å²) in [5.41, 5.74) is 1.38. The largest absolute Gasteiger partial charge is 0.406 e. The fourth-order valence-electron chi connectivity index (χ4n) is 1.87. The van der Waals surface area contributed by atoms with E-state index in [9.17, 15) is 18.0 Å². The highest BCUT2D eigenvalue weighted by molar-refractivity contribution is 5.29. The maximum Gasteiger partial charge on any atom is 0.406 e. The van der Waals surface area contributed by atoms with Gasteiger partial charge in [0.05, 0.1) is 0 Å². The summed E-state index contributed by atoms with van der Waals surface area (Å²) in [4.78, 5) is 11.5. The van der Waals surface area contributed by atoms with E-state index >= 15 is 0 Å². The van der Waals surface area contributed by atoms with Crippen LogP contribution in [-0.4, -0.2) is 10.7 Å². The van der Waals surface area contributed by atoms with Crippen LogP contribution in [0, 0.1) is 13.8 Å². The van der Waals surface area contributed by atoms with E-state index in [4.69, 9.17) is 0 Å². The molecule has 0 bridgehead atoms. The van der Waals surface area contributed by atoms with E-state index in [1.54, 1.807) is 13.8 Å². The molecular formula is C11H14F3NO. The van der Waals surface area contributed by atoms with Crippen molar-refractivity contribution in [3.05, 3.63) is 33.2 Å². The van der Waals surface area contributed by atoms with E-state index in [0.29, 0.717) is 12.1 Å². The van der Waals surface area contributed by atoms with E-state index in [1.807, 2.05) is 6.92 Å². The average Bonchev–Trinajstić information content (AvgIpc) is 2.11. The number of aryl methyl sites for hydroxylation is 1. The summed E-state index contributed by atoms with van der Waals surface area (Å²) in [6, 6.07) is 1.26. The Morgan fingerprint density at radius 1 is 1.31 bits per heavy atom. The van der Waals surface area contributed by atoms with E-state index in [0.717, 1.165) is 15.7 Å². The molecule has 0 atom stereocenters. The van der Waals surface area contributed by atoms with Crippen molar-refractivity contribution in [3.63, 3.8) is 0 Å². The molecule has 0 saturated carbocycles. The highest BCUT2D eigenvalue weighted by Crippen LogP contribution is 2.19. The van der Waals surface area contributed by atoms with E-state index < -0.39 is 18.3 Å². The quantitative estimate of drug-likeness (QED) is 0.769. The minimum atomic E-state index is -4.37. The second-order valence-corrected chi connectivity index (χ2v) is 3.78. The Bertz CT molecular complexity index is 446. The zero-order valence-electron chi connectivity index (χ0n) is 9.48. The van der Waals surface area contributed by atoms with Crippen LogP contribution in [0.15, 0.2) is 10.9 Å². The molecule has 0 aromatic carbocycles. The molecule has 0 aliphatic carbocycles. The van der Waals surface area contributed by atoms with Gasteiger partial charge >= 0.3 is 6.18 Å². The lowest BCUT2D eigenvalue weighted by Gasteiger charge is -2.16. The lowest BCUT2D eigenvalue weighted by atomic mass is 10.1. The fraction of sp³-hybridized carbons (Fsp3) is 0.545. The molecule has 0 N–H and O–H groups in total. The van der Waals surface area contributed by atoms with Gasteiger partial charge in [0.2, 0.25) is 0 Å². The summed E-state index contributed by atoms with van der Waals surface area (Å²) in [6.07, 6.45) is -3.75. The van der Waals surface area contributed by atoms with Crippen LogP contribution in [0.3, 0.4) is 0 Å². The third kappa shape index (κ3) is 2.65. The van der Waals surface area contributed by atoms with Gasteiger partial charge in [0.1, 0.15) is 6.54 Å². The summed E-state index contributed by atoms with van der Waals surface area (Å²) < 4.78 is 37.6. The fourth-order valence-corrected chi connectivity index (χ4v) is 1.87. The zero-order valence-corrected chi connectivity index (χ0v) is 9.48. The molecule has 2 nitrogen and oxygen atoms in total. The lowest BCUT2D eigenvalue weighted by molar-refractivity contribution is -0.141. The minimum absolute atomic E-state index is 0.407. The zero-order chi connectivity index (χ0) is 12.5. The molecule has 1 aromatic rings. The van der Waals surface area contributed by atoms with Crippen molar-refractivity contribution in [2.45, 2.75) is 39.9 Å². The normalized spacial score (nSPS) is 11.9. The first-order valence-electron chi connectivity index (χ1n) is 5.03. The molecule has 0 aliphatic rings. The van der Waals surface area contributed by atoms with E-state index in [-0.39, 0.29) is 0 Å². The van der Waals surface area contributed by atoms with Crippen molar-refractivity contribution < 1.29 is 13.2 Å². The third-order valence-electron chi connectivity index (χ3n) is 2.61. The first-order chi connectivity index (χ1) is 7.26. The summed E-state index contributed by atoms with van der Waals surface area (Å²) in [6.45, 7) is 3.94. The van der Waals surface area contributed by atoms with Crippen LogP contribution in [-0.2, 0) is 13.0 Å². The molecule has 0 saturated heterocycles. The number of hydrogen-bond acceptors (Lipinski definition) is 1. The maximum absolute atomic E-state index is 12.3. The summed E-state index contributed by atoms with van der Waals surface area (Å²) in [5, 5.41) is 0. The Kier molecular flexibility index (Phi) is 3.45. The standard InChI is InChI=1S/C11H14F3NO/c1-4-9-7(2)5-10(16)15(8(9)3)6-11(12,13)14/h5H,4,6H2,1-3H3. The van der Waals surface area contributed by atoms with Crippen LogP contribution in [0.5, 0.6) is 0 Å². The summed E-state index contributed by atoms with van der Waals surface area (Å²) in [7, 11) is 0. The van der Waals surface area contributed by atoms with Crippen LogP contribution < -0.4 is 5.56 Å². The average molecular weight is 233 g/mol. The van der Waals surface area contributed by atoms with E-state index in [1.165, 1.54) is 6.07 Å². The van der Waals surface area contributed by atoms with Gasteiger partial charge in [0.25, 0.3) is 5.56 Å². The second kappa shape index (κ2) is 4.31. The Balaban J connectivity index is 3.35. The summed E-state index contributed by atoms with van der Waals surface area (Å²) >= 11 is 0. The van der Waals surface area contributed by atoms with Gasteiger partial charge in [0.15, 0.2) is 0 Å². The van der Waals surface area contributed by atoms with Gasteiger partial charge in [-0.15, -0.1) is 0 Å². The maximum atomic E-state index is 12.3. The van der Waals surface area contributed by atoms with Gasteiger partial charge in [-0.2, -0.15) is 13.2 Å². The second-order valence-electron chi connectivity index (χ2n) is 3.78. The van der Waals surface area contributed by atoms with E-state index in [2.05, 4.69) is 0 Å². The number of halogens is 3. The van der Waals surface area contributed by atoms with Crippen LogP contribution in [0.4, 0.5) is 13.2 Å². The molecule has 0 amide bonds. The molecule has 0 fully saturated rings. The summed E-state index contributed by atoms with van der Waals surface area (Å²) in [5.74, 6) is 0. The minimum Gasteiger partial charge on any atom is -0.304 e. The van der Waals surface area contributed by atoms with Gasteiger partial charge in [-0.1, -0.05) is 6.92 Å². The molecule has 5 heteroatoms. The molecule has 1 rings (SSSR count). The van der Waals surface area contributed by atoms with Crippen molar-refractivity contribution in [1.29, 1.82) is 0 Å². The first kappa shape index (κ1) is 12.8. The lowest BCUT2D eigenvalue weighted by Crippen LogP contribution is -2.30. The number of hydrogen-bond donors (Lipinski definition) is 0. The predicted molar refractivity (Wildman–Crippen MR) is 55.6 cm³/mol. The smallest absolute Gasteiger partial charge is 0.304 e. The highest BCUT2D eigenvalue weighted by Gasteiger charge is 2.29. The van der Waals surface area contributed by atoms with Crippen molar-refractivity contribution in [2.75, 3.05) is 0 Å². The number of alkyl halides is 3. The Morgan fingerprint density at radius 3 is 2.31 bits per heavy atom. The third-order valence-corrected chi connectivity index (χ3v) is 2.61. The highest BCUT2D eigenvalue weighted by atomic mass is 19.4. The number of aromatic nitrogens is 1. The van der Waals surface area contributed by atoms with Crippen molar-refractivity contribution >= 4 is 0 Å². The molecule has 0 aliphatic heterocycles. The van der Waals surface area contributed by atoms with Crippen molar-refractivity contribution in [3.8, 4) is 0 Å². The molecule has 0 spiro atoms. The van der Waals surface area contributed by atoms with Crippen LogP contribution in [0.25, 0.3) is 0 Å². The predicted octanol–water partition coefficient (Wildman–Crippen LogP) is 2.59. The molecular weight excluding hydrogens is 219 g/mol. The number of rotatable bonds is 2. The Labute approximate surface area is 91.7 Å². The van der Waals surface area contributed by atoms with Crippen LogP contribution in [0.1, 0.15) is 23.7 Å². The molecule has 90 valence electrons. The topological polar surface area (TPSA) is 22.0 Å². The van der Waals surface area contributed by atoms with Gasteiger partial charge in [-0.25, -0.2) is 0 Å². The number of pyridine rings is 1. The Morgan fingerprint density at radius 2 is 1.88 bits per heavy atom. The first-order valence-corrected chi connectivity index (χ1v) is 5.03. The molecule has 1 heterocycles. The SMILES string of the molecule is CCc1c(C)cc(=O)n(CC(F)(F)F)c1C. The van der Waals surface area contributed by atoms with Gasteiger partial charge in [-0.3, -0.25) is 4.79 Å². The molecule has 0 unspecified atom stereocenters. The molecule has 0 radical (unpaired) electrons. The molecule has 1 aromatic heterocycles. The van der Waals surface area contributed by atoms with Crippen molar-refractivity contribution in [1.82, 2.24) is 4.57 Å². The van der Waals surface area contributed by atoms with Gasteiger partial charge < -0.3 is 4.57 Å². The van der Waals surface area contributed by atoms with Crippen molar-refractivity contribution in [2.24, 2.45) is 0 Å².